The van der Waals surface area contributed by atoms with E-state index in [1.807, 2.05) is 18.2 Å². The summed E-state index contributed by atoms with van der Waals surface area (Å²) in [4.78, 5) is 4.34. The first-order valence-electron chi connectivity index (χ1n) is 6.82. The van der Waals surface area contributed by atoms with E-state index in [1.54, 1.807) is 18.2 Å². The third kappa shape index (κ3) is 2.80. The second-order valence-corrected chi connectivity index (χ2v) is 6.86. The van der Waals surface area contributed by atoms with Gasteiger partial charge in [-0.3, -0.25) is 0 Å². The molecule has 0 unspecified atom stereocenters. The van der Waals surface area contributed by atoms with Crippen LogP contribution in [0.15, 0.2) is 40.8 Å². The number of nitrogens with one attached hydrogen (secondary N) is 1. The largest absolute Gasteiger partial charge is 0.501 e. The third-order valence-electron chi connectivity index (χ3n) is 3.32. The Bertz CT molecular complexity index is 979. The monoisotopic (exact) mass is 334 g/mol. The number of hydrogen-bond acceptors (Lipinski definition) is 6. The minimum atomic E-state index is -3.65. The number of furan rings is 1. The molecule has 2 heterocycles. The molecule has 8 heteroatoms. The van der Waals surface area contributed by atoms with E-state index in [0.29, 0.717) is 5.52 Å². The van der Waals surface area contributed by atoms with Crippen LogP contribution < -0.4 is 4.72 Å². The Morgan fingerprint density at radius 2 is 1.87 bits per heavy atom. The summed E-state index contributed by atoms with van der Waals surface area (Å²) >= 11 is 0. The molecule has 3 N–H and O–H groups in total. The Labute approximate surface area is 132 Å². The summed E-state index contributed by atoms with van der Waals surface area (Å²) in [6, 6.07) is 10.8. The molecular weight excluding hydrogens is 320 g/mol. The topological polar surface area (TPSA) is 113 Å². The molecule has 0 aliphatic rings. The molecule has 0 saturated heterocycles. The highest BCUT2D eigenvalue weighted by Crippen LogP contribution is 2.45. The minimum Gasteiger partial charge on any atom is -0.501 e. The molecule has 3 rings (SSSR count). The van der Waals surface area contributed by atoms with Crippen molar-refractivity contribution in [2.45, 2.75) is 6.92 Å². The number of aromatic hydroxyl groups is 2. The van der Waals surface area contributed by atoms with Gasteiger partial charge in [0.2, 0.25) is 27.3 Å². The lowest BCUT2D eigenvalue weighted by Gasteiger charge is -2.02. The van der Waals surface area contributed by atoms with Gasteiger partial charge in [-0.15, -0.1) is 0 Å². The predicted octanol–water partition coefficient (Wildman–Crippen LogP) is 2.67. The SMILES string of the molecule is CCS(=O)(=O)Nc1oc(-c2ccc3ccccc3n2)c(O)c1O. The number of para-hydroxylation sites is 1. The fourth-order valence-electron chi connectivity index (χ4n) is 2.06. The zero-order chi connectivity index (χ0) is 16.6. The molecule has 2 aromatic heterocycles. The number of aromatic nitrogens is 1. The van der Waals surface area contributed by atoms with Gasteiger partial charge in [0.15, 0.2) is 0 Å². The molecule has 0 aliphatic carbocycles. The van der Waals surface area contributed by atoms with Crippen molar-refractivity contribution in [1.82, 2.24) is 4.98 Å². The van der Waals surface area contributed by atoms with Gasteiger partial charge in [0.05, 0.1) is 11.3 Å². The van der Waals surface area contributed by atoms with Crippen molar-refractivity contribution < 1.29 is 23.0 Å². The molecule has 1 aromatic carbocycles. The van der Waals surface area contributed by atoms with Gasteiger partial charge in [0, 0.05) is 5.39 Å². The molecule has 0 radical (unpaired) electrons. The zero-order valence-corrected chi connectivity index (χ0v) is 13.0. The number of nitrogens with zero attached hydrogens (tertiary/aromatic N) is 1. The van der Waals surface area contributed by atoms with Crippen LogP contribution in [0.4, 0.5) is 5.88 Å². The lowest BCUT2D eigenvalue weighted by atomic mass is 10.2. The van der Waals surface area contributed by atoms with Crippen LogP contribution in [-0.4, -0.2) is 29.4 Å². The summed E-state index contributed by atoms with van der Waals surface area (Å²) in [5, 5.41) is 20.7. The predicted molar refractivity (Wildman–Crippen MR) is 85.9 cm³/mol. The number of sulfonamides is 1. The number of benzene rings is 1. The Kier molecular flexibility index (Phi) is 3.61. The number of rotatable bonds is 4. The Balaban J connectivity index is 2.08. The fraction of sp³-hybridized carbons (Fsp3) is 0.133. The number of hydrogen-bond donors (Lipinski definition) is 3. The van der Waals surface area contributed by atoms with E-state index in [2.05, 4.69) is 9.71 Å². The van der Waals surface area contributed by atoms with Crippen molar-refractivity contribution >= 4 is 26.8 Å². The van der Waals surface area contributed by atoms with Crippen LogP contribution in [0.2, 0.25) is 0 Å². The summed E-state index contributed by atoms with van der Waals surface area (Å²) in [6.07, 6.45) is 0. The molecular formula is C15H14N2O5S. The molecule has 0 saturated carbocycles. The maximum absolute atomic E-state index is 11.6. The highest BCUT2D eigenvalue weighted by Gasteiger charge is 2.24. The highest BCUT2D eigenvalue weighted by atomic mass is 32.2. The van der Waals surface area contributed by atoms with Crippen molar-refractivity contribution in [2.75, 3.05) is 10.5 Å². The Hall–Kier alpha value is -2.74. The van der Waals surface area contributed by atoms with E-state index in [1.165, 1.54) is 6.92 Å². The van der Waals surface area contributed by atoms with Gasteiger partial charge in [-0.2, -0.15) is 0 Å². The van der Waals surface area contributed by atoms with Gasteiger partial charge < -0.3 is 14.6 Å². The van der Waals surface area contributed by atoms with E-state index in [4.69, 9.17) is 4.42 Å². The molecule has 0 bridgehead atoms. The quantitative estimate of drug-likeness (QED) is 0.676. The standard InChI is InChI=1S/C15H14N2O5S/c1-2-23(20,21)17-15-13(19)12(18)14(22-15)11-8-7-9-5-3-4-6-10(9)16-11/h3-8,17-19H,2H2,1H3. The van der Waals surface area contributed by atoms with Crippen molar-refractivity contribution in [1.29, 1.82) is 0 Å². The zero-order valence-electron chi connectivity index (χ0n) is 12.1. The summed E-state index contributed by atoms with van der Waals surface area (Å²) in [7, 11) is -3.65. The average Bonchev–Trinajstić information content (AvgIpc) is 2.82. The van der Waals surface area contributed by atoms with E-state index < -0.39 is 27.4 Å². The minimum absolute atomic E-state index is 0.109. The number of fused-ring (bicyclic) bond motifs is 1. The summed E-state index contributed by atoms with van der Waals surface area (Å²) in [5.74, 6) is -1.98. The fourth-order valence-corrected chi connectivity index (χ4v) is 2.63. The summed E-state index contributed by atoms with van der Waals surface area (Å²) in [6.45, 7) is 1.44. The normalized spacial score (nSPS) is 11.7. The van der Waals surface area contributed by atoms with Crippen LogP contribution in [0.25, 0.3) is 22.4 Å². The molecule has 0 atom stereocenters. The van der Waals surface area contributed by atoms with Crippen LogP contribution in [0, 0.1) is 0 Å². The first kappa shape index (κ1) is 15.2. The maximum Gasteiger partial charge on any atom is 0.253 e. The number of pyridine rings is 1. The summed E-state index contributed by atoms with van der Waals surface area (Å²) in [5.41, 5.74) is 0.953. The van der Waals surface area contributed by atoms with E-state index in [9.17, 15) is 18.6 Å². The highest BCUT2D eigenvalue weighted by molar-refractivity contribution is 7.92. The van der Waals surface area contributed by atoms with Crippen molar-refractivity contribution in [3.63, 3.8) is 0 Å². The number of anilines is 1. The van der Waals surface area contributed by atoms with Crippen LogP contribution in [0.1, 0.15) is 6.92 Å². The van der Waals surface area contributed by atoms with E-state index >= 15 is 0 Å². The second-order valence-electron chi connectivity index (χ2n) is 4.85. The first-order valence-corrected chi connectivity index (χ1v) is 8.48. The molecule has 0 spiro atoms. The molecule has 120 valence electrons. The Morgan fingerprint density at radius 3 is 2.61 bits per heavy atom. The lowest BCUT2D eigenvalue weighted by Crippen LogP contribution is -2.14. The van der Waals surface area contributed by atoms with Gasteiger partial charge in [0.25, 0.3) is 5.88 Å². The molecule has 0 aliphatic heterocycles. The van der Waals surface area contributed by atoms with Crippen molar-refractivity contribution in [3.8, 4) is 23.0 Å². The van der Waals surface area contributed by atoms with Gasteiger partial charge >= 0.3 is 0 Å². The molecule has 0 fully saturated rings. The van der Waals surface area contributed by atoms with Crippen molar-refractivity contribution in [2.24, 2.45) is 0 Å². The second kappa shape index (κ2) is 5.47. The van der Waals surface area contributed by atoms with Crippen LogP contribution in [0.3, 0.4) is 0 Å². The third-order valence-corrected chi connectivity index (χ3v) is 4.57. The molecule has 23 heavy (non-hydrogen) atoms. The van der Waals surface area contributed by atoms with Gasteiger partial charge in [-0.1, -0.05) is 24.3 Å². The maximum atomic E-state index is 11.6. The van der Waals surface area contributed by atoms with E-state index in [-0.39, 0.29) is 17.2 Å². The Morgan fingerprint density at radius 1 is 1.13 bits per heavy atom. The molecule has 3 aromatic rings. The smallest absolute Gasteiger partial charge is 0.253 e. The molecule has 7 nitrogen and oxygen atoms in total. The van der Waals surface area contributed by atoms with E-state index in [0.717, 1.165) is 5.39 Å². The average molecular weight is 334 g/mol. The molecule has 0 amide bonds. The van der Waals surface area contributed by atoms with Crippen molar-refractivity contribution in [3.05, 3.63) is 36.4 Å². The van der Waals surface area contributed by atoms with Gasteiger partial charge in [-0.05, 0) is 19.1 Å². The summed E-state index contributed by atoms with van der Waals surface area (Å²) < 4.78 is 30.5. The van der Waals surface area contributed by atoms with Gasteiger partial charge in [0.1, 0.15) is 5.69 Å². The first-order chi connectivity index (χ1) is 10.9. The van der Waals surface area contributed by atoms with Crippen LogP contribution >= 0.6 is 0 Å². The van der Waals surface area contributed by atoms with Crippen LogP contribution in [-0.2, 0) is 10.0 Å². The lowest BCUT2D eigenvalue weighted by molar-refractivity contribution is 0.410. The van der Waals surface area contributed by atoms with Crippen LogP contribution in [0.5, 0.6) is 11.5 Å². The van der Waals surface area contributed by atoms with Gasteiger partial charge in [-0.25, -0.2) is 18.1 Å².